The summed E-state index contributed by atoms with van der Waals surface area (Å²) in [6, 6.07) is 11.6. The van der Waals surface area contributed by atoms with Crippen LogP contribution in [0.15, 0.2) is 42.5 Å². The number of rotatable bonds is 10. The first-order valence-electron chi connectivity index (χ1n) is 11.2. The van der Waals surface area contributed by atoms with E-state index in [1.807, 2.05) is 32.9 Å². The molecule has 2 aromatic carbocycles. The quantitative estimate of drug-likeness (QED) is 0.525. The van der Waals surface area contributed by atoms with Gasteiger partial charge in [-0.3, -0.25) is 13.9 Å². The molecule has 0 bridgehead atoms. The maximum absolute atomic E-state index is 13.6. The third-order valence-electron chi connectivity index (χ3n) is 5.75. The summed E-state index contributed by atoms with van der Waals surface area (Å²) in [5, 5.41) is 3.46. The fourth-order valence-electron chi connectivity index (χ4n) is 3.42. The second kappa shape index (κ2) is 11.7. The van der Waals surface area contributed by atoms with Gasteiger partial charge in [0.25, 0.3) is 0 Å². The number of nitrogens with one attached hydrogen (secondary N) is 1. The monoisotopic (exact) mass is 507 g/mol. The normalized spacial score (nSPS) is 13.1. The smallest absolute Gasteiger partial charge is 0.244 e. The lowest BCUT2D eigenvalue weighted by Crippen LogP contribution is -2.52. The molecule has 2 atom stereocenters. The topological polar surface area (TPSA) is 86.8 Å². The Bertz CT molecular complexity index is 1120. The molecule has 0 saturated heterocycles. The molecule has 186 valence electrons. The summed E-state index contributed by atoms with van der Waals surface area (Å²) in [4.78, 5) is 27.9. The summed E-state index contributed by atoms with van der Waals surface area (Å²) in [5.74, 6) is -0.776. The molecule has 0 aromatic heterocycles. The zero-order chi connectivity index (χ0) is 25.6. The summed E-state index contributed by atoms with van der Waals surface area (Å²) in [6.07, 6.45) is 1.82. The van der Waals surface area contributed by atoms with Crippen molar-refractivity contribution >= 4 is 39.1 Å². The molecule has 0 aliphatic heterocycles. The SMILES string of the molecule is CC[C@@H](C)NC(=O)[C@@H](C)N(Cc1ccc(Cl)cc1)C(=O)CN(c1cc(C)ccc1C)S(C)(=O)=O. The van der Waals surface area contributed by atoms with Crippen LogP contribution in [-0.4, -0.2) is 50.0 Å². The van der Waals surface area contributed by atoms with Gasteiger partial charge in [0, 0.05) is 17.6 Å². The predicted octanol–water partition coefficient (Wildman–Crippen LogP) is 4.05. The standard InChI is InChI=1S/C25H34ClN3O4S/c1-7-19(4)27-25(31)20(5)28(15-21-10-12-22(26)13-11-21)24(30)16-29(34(6,32)33)23-14-17(2)8-9-18(23)3/h8-14,19-20H,7,15-16H2,1-6H3,(H,27,31)/t19-,20-/m1/s1. The van der Waals surface area contributed by atoms with E-state index >= 15 is 0 Å². The highest BCUT2D eigenvalue weighted by atomic mass is 35.5. The fourth-order valence-corrected chi connectivity index (χ4v) is 4.44. The molecule has 0 saturated carbocycles. The number of sulfonamides is 1. The van der Waals surface area contributed by atoms with E-state index in [1.165, 1.54) is 4.90 Å². The van der Waals surface area contributed by atoms with Gasteiger partial charge in [-0.05, 0) is 69.0 Å². The highest BCUT2D eigenvalue weighted by molar-refractivity contribution is 7.92. The van der Waals surface area contributed by atoms with Gasteiger partial charge in [0.2, 0.25) is 21.8 Å². The molecule has 34 heavy (non-hydrogen) atoms. The van der Waals surface area contributed by atoms with Gasteiger partial charge < -0.3 is 10.2 Å². The number of benzene rings is 2. The molecule has 2 aromatic rings. The van der Waals surface area contributed by atoms with E-state index in [-0.39, 0.29) is 18.5 Å². The molecular formula is C25H34ClN3O4S. The van der Waals surface area contributed by atoms with Crippen molar-refractivity contribution in [1.82, 2.24) is 10.2 Å². The van der Waals surface area contributed by atoms with E-state index in [2.05, 4.69) is 5.32 Å². The molecule has 2 amide bonds. The van der Waals surface area contributed by atoms with Gasteiger partial charge >= 0.3 is 0 Å². The molecule has 0 unspecified atom stereocenters. The van der Waals surface area contributed by atoms with Crippen molar-refractivity contribution in [2.24, 2.45) is 0 Å². The number of nitrogens with zero attached hydrogens (tertiary/aromatic N) is 2. The number of halogens is 1. The third-order valence-corrected chi connectivity index (χ3v) is 7.13. The Balaban J connectivity index is 2.42. The van der Waals surface area contributed by atoms with E-state index in [1.54, 1.807) is 44.2 Å². The van der Waals surface area contributed by atoms with Gasteiger partial charge in [-0.15, -0.1) is 0 Å². The zero-order valence-electron chi connectivity index (χ0n) is 20.6. The first kappa shape index (κ1) is 27.7. The summed E-state index contributed by atoms with van der Waals surface area (Å²) < 4.78 is 26.5. The van der Waals surface area contributed by atoms with Crippen LogP contribution in [0, 0.1) is 13.8 Å². The van der Waals surface area contributed by atoms with Gasteiger partial charge in [0.1, 0.15) is 12.6 Å². The van der Waals surface area contributed by atoms with Crippen LogP contribution in [-0.2, 0) is 26.2 Å². The minimum absolute atomic E-state index is 0.0510. The number of carbonyl (C=O) groups is 2. The van der Waals surface area contributed by atoms with E-state index in [0.717, 1.165) is 33.7 Å². The van der Waals surface area contributed by atoms with Gasteiger partial charge in [-0.1, -0.05) is 42.8 Å². The lowest BCUT2D eigenvalue weighted by Gasteiger charge is -2.32. The first-order chi connectivity index (χ1) is 15.8. The van der Waals surface area contributed by atoms with Gasteiger partial charge in [-0.2, -0.15) is 0 Å². The molecule has 0 fully saturated rings. The van der Waals surface area contributed by atoms with Crippen molar-refractivity contribution in [3.05, 3.63) is 64.2 Å². The number of hydrogen-bond donors (Lipinski definition) is 1. The van der Waals surface area contributed by atoms with Crippen LogP contribution in [0.25, 0.3) is 0 Å². The molecule has 0 heterocycles. The Morgan fingerprint density at radius 1 is 1.06 bits per heavy atom. The first-order valence-corrected chi connectivity index (χ1v) is 13.4. The minimum Gasteiger partial charge on any atom is -0.352 e. The Hall–Kier alpha value is -2.58. The Morgan fingerprint density at radius 2 is 1.68 bits per heavy atom. The number of anilines is 1. The molecule has 0 radical (unpaired) electrons. The molecule has 9 heteroatoms. The average Bonchev–Trinajstić information content (AvgIpc) is 2.77. The van der Waals surface area contributed by atoms with E-state index < -0.39 is 28.5 Å². The van der Waals surface area contributed by atoms with Crippen molar-refractivity contribution in [2.75, 3.05) is 17.1 Å². The van der Waals surface area contributed by atoms with Crippen LogP contribution < -0.4 is 9.62 Å². The molecule has 1 N–H and O–H groups in total. The van der Waals surface area contributed by atoms with Gasteiger partial charge in [0.05, 0.1) is 11.9 Å². The van der Waals surface area contributed by atoms with Gasteiger partial charge in [-0.25, -0.2) is 8.42 Å². The Morgan fingerprint density at radius 3 is 2.24 bits per heavy atom. The fraction of sp³-hybridized carbons (Fsp3) is 0.440. The maximum atomic E-state index is 13.6. The number of carbonyl (C=O) groups excluding carboxylic acids is 2. The van der Waals surface area contributed by atoms with Crippen molar-refractivity contribution in [3.63, 3.8) is 0 Å². The number of hydrogen-bond acceptors (Lipinski definition) is 4. The predicted molar refractivity (Wildman–Crippen MR) is 137 cm³/mol. The lowest BCUT2D eigenvalue weighted by molar-refractivity contribution is -0.139. The summed E-state index contributed by atoms with van der Waals surface area (Å²) in [5.41, 5.74) is 2.83. The average molecular weight is 508 g/mol. The summed E-state index contributed by atoms with van der Waals surface area (Å²) >= 11 is 5.99. The van der Waals surface area contributed by atoms with Crippen molar-refractivity contribution < 1.29 is 18.0 Å². The molecule has 0 aliphatic rings. The second-order valence-corrected chi connectivity index (χ2v) is 11.0. The Kier molecular flexibility index (Phi) is 9.53. The van der Waals surface area contributed by atoms with Crippen molar-refractivity contribution in [2.45, 2.75) is 59.7 Å². The van der Waals surface area contributed by atoms with E-state index in [4.69, 9.17) is 11.6 Å². The van der Waals surface area contributed by atoms with E-state index in [9.17, 15) is 18.0 Å². The minimum atomic E-state index is -3.77. The third kappa shape index (κ3) is 7.46. The molecule has 0 aliphatic carbocycles. The molecular weight excluding hydrogens is 474 g/mol. The molecule has 7 nitrogen and oxygen atoms in total. The van der Waals surface area contributed by atoms with E-state index in [0.29, 0.717) is 10.7 Å². The molecule has 2 rings (SSSR count). The van der Waals surface area contributed by atoms with Crippen molar-refractivity contribution in [3.8, 4) is 0 Å². The molecule has 0 spiro atoms. The zero-order valence-corrected chi connectivity index (χ0v) is 22.2. The largest absolute Gasteiger partial charge is 0.352 e. The highest BCUT2D eigenvalue weighted by Crippen LogP contribution is 2.24. The van der Waals surface area contributed by atoms with Crippen LogP contribution in [0.2, 0.25) is 5.02 Å². The van der Waals surface area contributed by atoms with Crippen LogP contribution in [0.3, 0.4) is 0 Å². The Labute approximate surface area is 208 Å². The van der Waals surface area contributed by atoms with Crippen molar-refractivity contribution in [1.29, 1.82) is 0 Å². The van der Waals surface area contributed by atoms with Crippen LogP contribution in [0.5, 0.6) is 0 Å². The number of aryl methyl sites for hydroxylation is 2. The van der Waals surface area contributed by atoms with Crippen LogP contribution in [0.4, 0.5) is 5.69 Å². The number of amides is 2. The van der Waals surface area contributed by atoms with Crippen LogP contribution >= 0.6 is 11.6 Å². The second-order valence-electron chi connectivity index (χ2n) is 8.70. The lowest BCUT2D eigenvalue weighted by atomic mass is 10.1. The maximum Gasteiger partial charge on any atom is 0.244 e. The summed E-state index contributed by atoms with van der Waals surface area (Å²) in [6.45, 7) is 8.87. The summed E-state index contributed by atoms with van der Waals surface area (Å²) in [7, 11) is -3.77. The van der Waals surface area contributed by atoms with Crippen LogP contribution in [0.1, 0.15) is 43.9 Å². The van der Waals surface area contributed by atoms with Gasteiger partial charge in [0.15, 0.2) is 0 Å². The highest BCUT2D eigenvalue weighted by Gasteiger charge is 2.31.